The van der Waals surface area contributed by atoms with Gasteiger partial charge in [0, 0.05) is 29.0 Å². The highest BCUT2D eigenvalue weighted by Gasteiger charge is 2.20. The zero-order valence-electron chi connectivity index (χ0n) is 15.9. The van der Waals surface area contributed by atoms with E-state index in [9.17, 15) is 9.59 Å². The fourth-order valence-electron chi connectivity index (χ4n) is 3.07. The summed E-state index contributed by atoms with van der Waals surface area (Å²) in [4.78, 5) is 25.7. The van der Waals surface area contributed by atoms with Gasteiger partial charge < -0.3 is 14.0 Å². The van der Waals surface area contributed by atoms with Crippen LogP contribution in [0.15, 0.2) is 35.2 Å². The average molecular weight is 375 g/mol. The Morgan fingerprint density at radius 3 is 2.42 bits per heavy atom. The van der Waals surface area contributed by atoms with E-state index in [4.69, 9.17) is 9.47 Å². The van der Waals surface area contributed by atoms with Crippen LogP contribution in [0.5, 0.6) is 0 Å². The third-order valence-corrected chi connectivity index (χ3v) is 5.04. The summed E-state index contributed by atoms with van der Waals surface area (Å²) in [7, 11) is 1.65. The first-order valence-electron chi connectivity index (χ1n) is 8.40. The van der Waals surface area contributed by atoms with E-state index in [0.29, 0.717) is 17.7 Å². The quantitative estimate of drug-likeness (QED) is 0.395. The van der Waals surface area contributed by atoms with Gasteiger partial charge in [0.05, 0.1) is 18.2 Å². The summed E-state index contributed by atoms with van der Waals surface area (Å²) in [6.45, 7) is 6.18. The Kier molecular flexibility index (Phi) is 7.06. The highest BCUT2D eigenvalue weighted by atomic mass is 32.2. The Labute approximate surface area is 158 Å². The molecule has 0 fully saturated rings. The minimum Gasteiger partial charge on any atom is -0.454 e. The second-order valence-electron chi connectivity index (χ2n) is 6.19. The fraction of sp³-hybridized carbons (Fsp3) is 0.400. The molecule has 2 rings (SSSR count). The Balaban J connectivity index is 2.05. The lowest BCUT2D eigenvalue weighted by atomic mass is 10.1. The standard InChI is InChI=1S/C20H25NO4S/c1-13-10-18(15(3)21(13)14(2)11-24-4)19(22)12-25-20(23)16-6-8-17(26-5)9-7-16/h6-10,14H,11-12H2,1-5H3/t14-/m0/s1. The van der Waals surface area contributed by atoms with Gasteiger partial charge in [0.1, 0.15) is 0 Å². The number of esters is 1. The lowest BCUT2D eigenvalue weighted by molar-refractivity contribution is 0.0474. The number of carbonyl (C=O) groups is 2. The van der Waals surface area contributed by atoms with E-state index in [1.165, 1.54) is 0 Å². The van der Waals surface area contributed by atoms with Crippen molar-refractivity contribution >= 4 is 23.5 Å². The van der Waals surface area contributed by atoms with E-state index < -0.39 is 5.97 Å². The number of nitrogens with zero attached hydrogens (tertiary/aromatic N) is 1. The molecule has 0 amide bonds. The summed E-state index contributed by atoms with van der Waals surface area (Å²) in [6.07, 6.45) is 1.97. The number of rotatable bonds is 8. The van der Waals surface area contributed by atoms with Crippen molar-refractivity contribution in [3.63, 3.8) is 0 Å². The third-order valence-electron chi connectivity index (χ3n) is 4.29. The van der Waals surface area contributed by atoms with Gasteiger partial charge in [-0.3, -0.25) is 4.79 Å². The van der Waals surface area contributed by atoms with Crippen molar-refractivity contribution in [1.29, 1.82) is 0 Å². The molecule has 1 aromatic carbocycles. The lowest BCUT2D eigenvalue weighted by Gasteiger charge is -2.17. The number of carbonyl (C=O) groups excluding carboxylic acids is 2. The van der Waals surface area contributed by atoms with Gasteiger partial charge in [0.2, 0.25) is 5.78 Å². The highest BCUT2D eigenvalue weighted by molar-refractivity contribution is 7.98. The zero-order chi connectivity index (χ0) is 19.3. The molecule has 1 aromatic heterocycles. The SMILES string of the molecule is COC[C@H](C)n1c(C)cc(C(=O)COC(=O)c2ccc(SC)cc2)c1C. The van der Waals surface area contributed by atoms with E-state index in [1.807, 2.05) is 45.2 Å². The molecule has 140 valence electrons. The number of ketones is 1. The molecule has 0 aliphatic heterocycles. The van der Waals surface area contributed by atoms with Crippen molar-refractivity contribution < 1.29 is 19.1 Å². The minimum atomic E-state index is -0.493. The van der Waals surface area contributed by atoms with Crippen molar-refractivity contribution in [3.05, 3.63) is 52.8 Å². The molecule has 0 aliphatic carbocycles. The van der Waals surface area contributed by atoms with Crippen LogP contribution in [-0.2, 0) is 9.47 Å². The van der Waals surface area contributed by atoms with E-state index in [-0.39, 0.29) is 18.4 Å². The van der Waals surface area contributed by atoms with Crippen molar-refractivity contribution in [2.45, 2.75) is 31.7 Å². The van der Waals surface area contributed by atoms with Crippen molar-refractivity contribution in [2.24, 2.45) is 0 Å². The van der Waals surface area contributed by atoms with Crippen LogP contribution in [0.1, 0.15) is 45.1 Å². The topological polar surface area (TPSA) is 57.5 Å². The van der Waals surface area contributed by atoms with Gasteiger partial charge in [0.15, 0.2) is 6.61 Å². The normalized spacial score (nSPS) is 12.0. The summed E-state index contributed by atoms with van der Waals surface area (Å²) < 4.78 is 12.5. The van der Waals surface area contributed by atoms with E-state index in [0.717, 1.165) is 16.3 Å². The van der Waals surface area contributed by atoms with E-state index >= 15 is 0 Å². The molecule has 2 aromatic rings. The minimum absolute atomic E-state index is 0.124. The molecule has 0 spiro atoms. The van der Waals surface area contributed by atoms with Crippen LogP contribution in [0.25, 0.3) is 0 Å². The maximum Gasteiger partial charge on any atom is 0.338 e. The molecular weight excluding hydrogens is 350 g/mol. The second-order valence-corrected chi connectivity index (χ2v) is 7.07. The van der Waals surface area contributed by atoms with Gasteiger partial charge in [-0.15, -0.1) is 11.8 Å². The molecular formula is C20H25NO4S. The first kappa shape index (κ1) is 20.3. The second kappa shape index (κ2) is 9.05. The summed E-state index contributed by atoms with van der Waals surface area (Å²) >= 11 is 1.60. The predicted molar refractivity (Wildman–Crippen MR) is 103 cm³/mol. The van der Waals surface area contributed by atoms with Crippen LogP contribution >= 0.6 is 11.8 Å². The van der Waals surface area contributed by atoms with Crippen LogP contribution in [0.3, 0.4) is 0 Å². The van der Waals surface area contributed by atoms with Crippen LogP contribution in [-0.4, -0.2) is 42.9 Å². The van der Waals surface area contributed by atoms with E-state index in [1.54, 1.807) is 31.0 Å². The fourth-order valence-corrected chi connectivity index (χ4v) is 3.48. The smallest absolute Gasteiger partial charge is 0.338 e. The van der Waals surface area contributed by atoms with Crippen molar-refractivity contribution in [2.75, 3.05) is 26.6 Å². The molecule has 0 unspecified atom stereocenters. The van der Waals surface area contributed by atoms with Crippen molar-refractivity contribution in [1.82, 2.24) is 4.57 Å². The van der Waals surface area contributed by atoms with Gasteiger partial charge in [0.25, 0.3) is 0 Å². The molecule has 26 heavy (non-hydrogen) atoms. The number of Topliss-reactive ketones (excluding diaryl/α,β-unsaturated/α-hetero) is 1. The largest absolute Gasteiger partial charge is 0.454 e. The number of benzene rings is 1. The monoisotopic (exact) mass is 375 g/mol. The molecule has 0 radical (unpaired) electrons. The molecule has 0 bridgehead atoms. The summed E-state index contributed by atoms with van der Waals surface area (Å²) in [5.74, 6) is -0.699. The van der Waals surface area contributed by atoms with Crippen molar-refractivity contribution in [3.8, 4) is 0 Å². The number of hydrogen-bond donors (Lipinski definition) is 0. The zero-order valence-corrected chi connectivity index (χ0v) is 16.7. The molecule has 1 heterocycles. The first-order valence-corrected chi connectivity index (χ1v) is 9.63. The van der Waals surface area contributed by atoms with Crippen LogP contribution in [0, 0.1) is 13.8 Å². The van der Waals surface area contributed by atoms with Gasteiger partial charge in [-0.1, -0.05) is 0 Å². The van der Waals surface area contributed by atoms with Gasteiger partial charge >= 0.3 is 5.97 Å². The van der Waals surface area contributed by atoms with Crippen LogP contribution < -0.4 is 0 Å². The molecule has 0 saturated heterocycles. The highest BCUT2D eigenvalue weighted by Crippen LogP contribution is 2.21. The summed E-state index contributed by atoms with van der Waals surface area (Å²) in [5, 5.41) is 0. The van der Waals surface area contributed by atoms with E-state index in [2.05, 4.69) is 4.57 Å². The number of methoxy groups -OCH3 is 1. The summed E-state index contributed by atoms with van der Waals surface area (Å²) in [6, 6.07) is 9.08. The molecule has 5 nitrogen and oxygen atoms in total. The van der Waals surface area contributed by atoms with Gasteiger partial charge in [-0.05, 0) is 57.4 Å². The Morgan fingerprint density at radius 1 is 1.19 bits per heavy atom. The number of ether oxygens (including phenoxy) is 2. The predicted octanol–water partition coefficient (Wildman–Crippen LogP) is 4.07. The number of aromatic nitrogens is 1. The Hall–Kier alpha value is -2.05. The molecule has 1 atom stereocenters. The maximum atomic E-state index is 12.5. The number of hydrogen-bond acceptors (Lipinski definition) is 5. The Morgan fingerprint density at radius 2 is 1.85 bits per heavy atom. The lowest BCUT2D eigenvalue weighted by Crippen LogP contribution is -2.17. The maximum absolute atomic E-state index is 12.5. The molecule has 0 aliphatic rings. The first-order chi connectivity index (χ1) is 12.4. The van der Waals surface area contributed by atoms with Crippen LogP contribution in [0.2, 0.25) is 0 Å². The van der Waals surface area contributed by atoms with Crippen LogP contribution in [0.4, 0.5) is 0 Å². The average Bonchev–Trinajstić information content (AvgIpc) is 2.94. The number of aryl methyl sites for hydroxylation is 1. The molecule has 0 saturated carbocycles. The third kappa shape index (κ3) is 4.56. The molecule has 0 N–H and O–H groups in total. The Bertz CT molecular complexity index is 780. The summed E-state index contributed by atoms with van der Waals surface area (Å²) in [5.41, 5.74) is 2.86. The van der Waals surface area contributed by atoms with Gasteiger partial charge in [-0.25, -0.2) is 4.79 Å². The van der Waals surface area contributed by atoms with Gasteiger partial charge in [-0.2, -0.15) is 0 Å². The molecule has 6 heteroatoms. The number of thioether (sulfide) groups is 1.